The van der Waals surface area contributed by atoms with Crippen LogP contribution in [-0.4, -0.2) is 39.8 Å². The van der Waals surface area contributed by atoms with E-state index in [4.69, 9.17) is 21.1 Å². The number of benzene rings is 1. The number of imidazole rings is 1. The molecular weight excluding hydrogens is 481 g/mol. The first-order valence-electron chi connectivity index (χ1n) is 8.91. The van der Waals surface area contributed by atoms with Crippen LogP contribution in [0, 0.1) is 5.82 Å². The Hall–Kier alpha value is -2.78. The molecule has 156 valence electrons. The highest BCUT2D eigenvalue weighted by atomic mass is 79.9. The first-order chi connectivity index (χ1) is 14.4. The maximum Gasteiger partial charge on any atom is 0.419 e. The molecule has 0 aliphatic rings. The van der Waals surface area contributed by atoms with Crippen LogP contribution < -0.4 is 0 Å². The van der Waals surface area contributed by atoms with E-state index in [0.29, 0.717) is 10.2 Å². The Morgan fingerprint density at radius 1 is 1.23 bits per heavy atom. The lowest BCUT2D eigenvalue weighted by molar-refractivity contribution is 0.0527. The van der Waals surface area contributed by atoms with Crippen molar-refractivity contribution in [2.45, 2.75) is 13.8 Å². The van der Waals surface area contributed by atoms with E-state index in [9.17, 15) is 14.0 Å². The molecule has 2 aromatic heterocycles. The number of ether oxygens (including phenoxy) is 2. The van der Waals surface area contributed by atoms with Gasteiger partial charge in [-0.2, -0.15) is 0 Å². The molecule has 7 nitrogen and oxygen atoms in total. The summed E-state index contributed by atoms with van der Waals surface area (Å²) < 4.78 is 26.2. The summed E-state index contributed by atoms with van der Waals surface area (Å²) in [7, 11) is 0. The average Bonchev–Trinajstić information content (AvgIpc) is 3.13. The molecule has 0 spiro atoms. The molecule has 0 radical (unpaired) electrons. The lowest BCUT2D eigenvalue weighted by Crippen LogP contribution is -2.14. The quantitative estimate of drug-likeness (QED) is 0.350. The Balaban J connectivity index is 2.24. The van der Waals surface area contributed by atoms with Gasteiger partial charge in [-0.15, -0.1) is 0 Å². The predicted octanol–water partition coefficient (Wildman–Crippen LogP) is 5.35. The molecular formula is C20H16BrClFN3O4. The van der Waals surface area contributed by atoms with Crippen LogP contribution in [0.3, 0.4) is 0 Å². The van der Waals surface area contributed by atoms with Crippen LogP contribution in [-0.2, 0) is 9.47 Å². The first kappa shape index (κ1) is 21.9. The fourth-order valence-corrected chi connectivity index (χ4v) is 3.32. The van der Waals surface area contributed by atoms with Crippen LogP contribution in [0.25, 0.3) is 22.6 Å². The number of hydrogen-bond donors (Lipinski definition) is 0. The van der Waals surface area contributed by atoms with Crippen molar-refractivity contribution in [3.05, 3.63) is 57.7 Å². The van der Waals surface area contributed by atoms with Crippen molar-refractivity contribution in [2.24, 2.45) is 0 Å². The normalized spacial score (nSPS) is 10.7. The van der Waals surface area contributed by atoms with Crippen molar-refractivity contribution in [1.29, 1.82) is 0 Å². The van der Waals surface area contributed by atoms with Crippen molar-refractivity contribution in [3.63, 3.8) is 0 Å². The van der Waals surface area contributed by atoms with Crippen molar-refractivity contribution in [2.75, 3.05) is 13.2 Å². The summed E-state index contributed by atoms with van der Waals surface area (Å²) in [5, 5.41) is 0.0669. The van der Waals surface area contributed by atoms with Gasteiger partial charge in [-0.25, -0.2) is 28.5 Å². The number of carbonyl (C=O) groups excluding carboxylic acids is 2. The molecule has 2 heterocycles. The molecule has 0 fully saturated rings. The number of aromatic nitrogens is 3. The Morgan fingerprint density at radius 2 is 1.97 bits per heavy atom. The minimum Gasteiger partial charge on any atom is -0.462 e. The zero-order chi connectivity index (χ0) is 21.8. The summed E-state index contributed by atoms with van der Waals surface area (Å²) >= 11 is 9.40. The van der Waals surface area contributed by atoms with Gasteiger partial charge in [0, 0.05) is 18.0 Å². The van der Waals surface area contributed by atoms with Crippen molar-refractivity contribution >= 4 is 39.6 Å². The number of nitrogens with zero attached hydrogens (tertiary/aromatic N) is 3. The summed E-state index contributed by atoms with van der Waals surface area (Å²) in [6, 6.07) is 5.61. The second-order valence-corrected chi connectivity index (χ2v) is 7.11. The zero-order valence-corrected chi connectivity index (χ0v) is 18.3. The number of hydrogen-bond acceptors (Lipinski definition) is 6. The molecule has 1 aromatic carbocycles. The third-order valence-corrected chi connectivity index (χ3v) is 4.75. The van der Waals surface area contributed by atoms with Gasteiger partial charge in [0.05, 0.1) is 35.1 Å². The molecule has 3 rings (SSSR count). The summed E-state index contributed by atoms with van der Waals surface area (Å²) in [5.74, 6) is -1.32. The number of rotatable bonds is 5. The van der Waals surface area contributed by atoms with Crippen LogP contribution in [0.5, 0.6) is 0 Å². The topological polar surface area (TPSA) is 83.3 Å². The molecule has 30 heavy (non-hydrogen) atoms. The second-order valence-electron chi connectivity index (χ2n) is 5.89. The predicted molar refractivity (Wildman–Crippen MR) is 112 cm³/mol. The second kappa shape index (κ2) is 9.36. The number of halogens is 3. The van der Waals surface area contributed by atoms with Gasteiger partial charge in [0.1, 0.15) is 10.4 Å². The summed E-state index contributed by atoms with van der Waals surface area (Å²) in [6.07, 6.45) is 1.97. The third kappa shape index (κ3) is 4.36. The molecule has 0 aliphatic heterocycles. The van der Waals surface area contributed by atoms with Crippen molar-refractivity contribution < 1.29 is 23.5 Å². The van der Waals surface area contributed by atoms with Crippen LogP contribution in [0.15, 0.2) is 41.3 Å². The average molecular weight is 497 g/mol. The molecule has 10 heteroatoms. The Kier molecular flexibility index (Phi) is 6.84. The molecule has 0 unspecified atom stereocenters. The zero-order valence-electron chi connectivity index (χ0n) is 16.0. The van der Waals surface area contributed by atoms with Crippen molar-refractivity contribution in [3.8, 4) is 22.6 Å². The minimum atomic E-state index is -0.770. The monoisotopic (exact) mass is 495 g/mol. The van der Waals surface area contributed by atoms with Gasteiger partial charge in [-0.3, -0.25) is 0 Å². The van der Waals surface area contributed by atoms with Gasteiger partial charge in [0.25, 0.3) is 0 Å². The van der Waals surface area contributed by atoms with Crippen LogP contribution in [0.1, 0.15) is 24.2 Å². The third-order valence-electron chi connectivity index (χ3n) is 4.00. The van der Waals surface area contributed by atoms with Gasteiger partial charge in [0.2, 0.25) is 0 Å². The lowest BCUT2D eigenvalue weighted by atomic mass is 10.1. The van der Waals surface area contributed by atoms with E-state index < -0.39 is 17.9 Å². The van der Waals surface area contributed by atoms with Crippen molar-refractivity contribution in [1.82, 2.24) is 14.5 Å². The fraction of sp³-hybridized carbons (Fsp3) is 0.200. The number of carbonyl (C=O) groups is 2. The lowest BCUT2D eigenvalue weighted by Gasteiger charge is -2.08. The number of esters is 1. The SMILES string of the molecule is CCOC(=O)c1cc(Br)ncc1-c1cn(C(=O)OCC)c(-c2c(F)cccc2Cl)n1. The van der Waals surface area contributed by atoms with Crippen LogP contribution in [0.2, 0.25) is 5.02 Å². The largest absolute Gasteiger partial charge is 0.462 e. The highest BCUT2D eigenvalue weighted by molar-refractivity contribution is 9.10. The van der Waals surface area contributed by atoms with Crippen LogP contribution >= 0.6 is 27.5 Å². The molecule has 0 amide bonds. The highest BCUT2D eigenvalue weighted by Gasteiger charge is 2.25. The summed E-state index contributed by atoms with van der Waals surface area (Å²) in [6.45, 7) is 3.60. The van der Waals surface area contributed by atoms with E-state index in [0.717, 1.165) is 4.57 Å². The first-order valence-corrected chi connectivity index (χ1v) is 10.1. The Morgan fingerprint density at radius 3 is 2.63 bits per heavy atom. The van der Waals surface area contributed by atoms with E-state index >= 15 is 0 Å². The van der Waals surface area contributed by atoms with E-state index in [2.05, 4.69) is 25.9 Å². The van der Waals surface area contributed by atoms with Gasteiger partial charge in [0.15, 0.2) is 5.82 Å². The van der Waals surface area contributed by atoms with Gasteiger partial charge >= 0.3 is 12.1 Å². The molecule has 0 saturated heterocycles. The Bertz CT molecular complexity index is 1100. The maximum absolute atomic E-state index is 14.6. The highest BCUT2D eigenvalue weighted by Crippen LogP contribution is 2.33. The fourth-order valence-electron chi connectivity index (χ4n) is 2.74. The summed E-state index contributed by atoms with van der Waals surface area (Å²) in [4.78, 5) is 33.4. The van der Waals surface area contributed by atoms with Gasteiger partial charge < -0.3 is 9.47 Å². The summed E-state index contributed by atoms with van der Waals surface area (Å²) in [5.41, 5.74) is 0.605. The van der Waals surface area contributed by atoms with E-state index in [1.807, 2.05) is 0 Å². The molecule has 0 saturated carbocycles. The standard InChI is InChI=1S/C20H16BrClFN3O4/c1-3-29-19(27)11-8-16(21)24-9-12(11)15-10-26(20(28)30-4-2)18(25-15)17-13(22)6-5-7-14(17)23/h5-10H,3-4H2,1-2H3. The Labute approximate surface area is 184 Å². The molecule has 0 atom stereocenters. The molecule has 0 N–H and O–H groups in total. The van der Waals surface area contributed by atoms with Crippen LogP contribution in [0.4, 0.5) is 9.18 Å². The molecule has 0 aliphatic carbocycles. The van der Waals surface area contributed by atoms with Gasteiger partial charge in [-0.05, 0) is 48.0 Å². The minimum absolute atomic E-state index is 0.0655. The maximum atomic E-state index is 14.6. The molecule has 0 bridgehead atoms. The van der Waals surface area contributed by atoms with E-state index in [1.54, 1.807) is 13.8 Å². The smallest absolute Gasteiger partial charge is 0.419 e. The molecule has 3 aromatic rings. The van der Waals surface area contributed by atoms with Gasteiger partial charge in [-0.1, -0.05) is 17.7 Å². The van der Waals surface area contributed by atoms with E-state index in [-0.39, 0.29) is 40.9 Å². The number of pyridine rings is 1. The van der Waals surface area contributed by atoms with E-state index in [1.165, 1.54) is 36.7 Å².